The van der Waals surface area contributed by atoms with Crippen LogP contribution in [0, 0.1) is 6.92 Å². The highest BCUT2D eigenvalue weighted by atomic mass is 16.5. The summed E-state index contributed by atoms with van der Waals surface area (Å²) in [4.78, 5) is 15.6. The summed E-state index contributed by atoms with van der Waals surface area (Å²) in [5, 5.41) is 5.50. The molecule has 0 aliphatic rings. The molecule has 0 aliphatic carbocycles. The minimum absolute atomic E-state index is 0.254. The largest absolute Gasteiger partial charge is 0.492 e. The Kier molecular flexibility index (Phi) is 4.94. The van der Waals surface area contributed by atoms with Crippen molar-refractivity contribution in [2.24, 2.45) is 0 Å². The molecule has 2 amide bonds. The van der Waals surface area contributed by atoms with Crippen molar-refractivity contribution in [3.05, 3.63) is 54.4 Å². The molecule has 0 saturated heterocycles. The summed E-state index contributed by atoms with van der Waals surface area (Å²) in [6.45, 7) is 2.75. The third-order valence-corrected chi connectivity index (χ3v) is 2.67. The van der Waals surface area contributed by atoms with Crippen LogP contribution >= 0.6 is 0 Å². The maximum atomic E-state index is 11.7. The zero-order valence-electron chi connectivity index (χ0n) is 11.3. The van der Waals surface area contributed by atoms with E-state index in [4.69, 9.17) is 4.74 Å². The van der Waals surface area contributed by atoms with Crippen molar-refractivity contribution in [2.45, 2.75) is 6.92 Å². The van der Waals surface area contributed by atoms with Gasteiger partial charge < -0.3 is 15.4 Å². The van der Waals surface area contributed by atoms with Gasteiger partial charge in [-0.1, -0.05) is 18.2 Å². The van der Waals surface area contributed by atoms with Gasteiger partial charge in [0.1, 0.15) is 12.4 Å². The van der Waals surface area contributed by atoms with Crippen LogP contribution in [0.4, 0.5) is 10.5 Å². The second kappa shape index (κ2) is 7.13. The van der Waals surface area contributed by atoms with Gasteiger partial charge in [-0.15, -0.1) is 0 Å². The van der Waals surface area contributed by atoms with Crippen LogP contribution in [0.15, 0.2) is 48.8 Å². The fraction of sp³-hybridized carbons (Fsp3) is 0.200. The predicted octanol–water partition coefficient (Wildman–Crippen LogP) is 2.59. The number of para-hydroxylation sites is 1. The van der Waals surface area contributed by atoms with Crippen molar-refractivity contribution in [3.63, 3.8) is 0 Å². The maximum Gasteiger partial charge on any atom is 0.319 e. The van der Waals surface area contributed by atoms with Crippen LogP contribution < -0.4 is 15.4 Å². The van der Waals surface area contributed by atoms with Crippen molar-refractivity contribution in [1.29, 1.82) is 0 Å². The molecule has 1 aromatic carbocycles. The quantitative estimate of drug-likeness (QED) is 0.822. The van der Waals surface area contributed by atoms with Crippen molar-refractivity contribution >= 4 is 11.7 Å². The highest BCUT2D eigenvalue weighted by molar-refractivity contribution is 5.89. The monoisotopic (exact) mass is 271 g/mol. The van der Waals surface area contributed by atoms with E-state index in [1.165, 1.54) is 0 Å². The van der Waals surface area contributed by atoms with Gasteiger partial charge in [0.25, 0.3) is 0 Å². The van der Waals surface area contributed by atoms with Crippen LogP contribution in [-0.4, -0.2) is 24.2 Å². The Hall–Kier alpha value is -2.56. The van der Waals surface area contributed by atoms with E-state index >= 15 is 0 Å². The Morgan fingerprint density at radius 2 is 2.05 bits per heavy atom. The zero-order valence-corrected chi connectivity index (χ0v) is 11.3. The minimum atomic E-state index is -0.254. The first-order valence-electron chi connectivity index (χ1n) is 6.39. The van der Waals surface area contributed by atoms with Gasteiger partial charge in [0.05, 0.1) is 6.54 Å². The third-order valence-electron chi connectivity index (χ3n) is 2.67. The van der Waals surface area contributed by atoms with Crippen molar-refractivity contribution < 1.29 is 9.53 Å². The second-order valence-corrected chi connectivity index (χ2v) is 4.23. The van der Waals surface area contributed by atoms with Gasteiger partial charge in [-0.3, -0.25) is 4.98 Å². The summed E-state index contributed by atoms with van der Waals surface area (Å²) >= 11 is 0. The summed E-state index contributed by atoms with van der Waals surface area (Å²) in [7, 11) is 0. The zero-order chi connectivity index (χ0) is 14.2. The fourth-order valence-electron chi connectivity index (χ4n) is 1.63. The Labute approximate surface area is 118 Å². The second-order valence-electron chi connectivity index (χ2n) is 4.23. The number of nitrogens with one attached hydrogen (secondary N) is 2. The van der Waals surface area contributed by atoms with Crippen molar-refractivity contribution in [2.75, 3.05) is 18.5 Å². The van der Waals surface area contributed by atoms with Crippen LogP contribution in [0.2, 0.25) is 0 Å². The first-order valence-corrected chi connectivity index (χ1v) is 6.39. The van der Waals surface area contributed by atoms with Gasteiger partial charge in [0, 0.05) is 18.1 Å². The maximum absolute atomic E-state index is 11.7. The molecule has 0 radical (unpaired) electrons. The Morgan fingerprint density at radius 1 is 1.25 bits per heavy atom. The number of aryl methyl sites for hydroxylation is 1. The molecule has 104 valence electrons. The summed E-state index contributed by atoms with van der Waals surface area (Å²) < 4.78 is 5.48. The van der Waals surface area contributed by atoms with Gasteiger partial charge in [-0.2, -0.15) is 0 Å². The molecule has 2 rings (SSSR count). The van der Waals surface area contributed by atoms with Crippen molar-refractivity contribution in [1.82, 2.24) is 10.3 Å². The number of benzene rings is 1. The topological polar surface area (TPSA) is 63.2 Å². The lowest BCUT2D eigenvalue weighted by Gasteiger charge is -2.10. The number of hydrogen-bond donors (Lipinski definition) is 2. The van der Waals surface area contributed by atoms with Gasteiger partial charge in [-0.05, 0) is 30.7 Å². The first-order chi connectivity index (χ1) is 9.75. The highest BCUT2D eigenvalue weighted by Gasteiger charge is 2.03. The smallest absolute Gasteiger partial charge is 0.319 e. The lowest BCUT2D eigenvalue weighted by molar-refractivity contribution is 0.247. The molecule has 2 N–H and O–H groups in total. The summed E-state index contributed by atoms with van der Waals surface area (Å²) in [6, 6.07) is 11.0. The number of ether oxygens (including phenoxy) is 1. The number of carbonyl (C=O) groups excluding carboxylic acids is 1. The Bertz CT molecular complexity index is 558. The SMILES string of the molecule is Cc1cnccc1NC(=O)NCCOc1ccccc1. The van der Waals surface area contributed by atoms with E-state index in [1.54, 1.807) is 18.5 Å². The van der Waals surface area contributed by atoms with E-state index in [2.05, 4.69) is 15.6 Å². The van der Waals surface area contributed by atoms with E-state index in [1.807, 2.05) is 37.3 Å². The summed E-state index contributed by atoms with van der Waals surface area (Å²) in [5.41, 5.74) is 1.67. The average molecular weight is 271 g/mol. The van der Waals surface area contributed by atoms with Crippen LogP contribution in [0.5, 0.6) is 5.75 Å². The normalized spacial score (nSPS) is 9.85. The third kappa shape index (κ3) is 4.28. The summed E-state index contributed by atoms with van der Waals surface area (Å²) in [5.74, 6) is 0.791. The fourth-order valence-corrected chi connectivity index (χ4v) is 1.63. The molecule has 0 atom stereocenters. The van der Waals surface area contributed by atoms with E-state index in [9.17, 15) is 4.79 Å². The van der Waals surface area contributed by atoms with Gasteiger partial charge >= 0.3 is 6.03 Å². The average Bonchev–Trinajstić information content (AvgIpc) is 2.47. The molecule has 0 unspecified atom stereocenters. The minimum Gasteiger partial charge on any atom is -0.492 e. The molecule has 2 aromatic rings. The molecule has 0 spiro atoms. The lowest BCUT2D eigenvalue weighted by atomic mass is 10.2. The van der Waals surface area contributed by atoms with Crippen molar-refractivity contribution in [3.8, 4) is 5.75 Å². The highest BCUT2D eigenvalue weighted by Crippen LogP contribution is 2.11. The van der Waals surface area contributed by atoms with E-state index in [0.29, 0.717) is 13.2 Å². The molecule has 0 bridgehead atoms. The number of nitrogens with zero attached hydrogens (tertiary/aromatic N) is 1. The molecule has 0 aliphatic heterocycles. The van der Waals surface area contributed by atoms with Gasteiger partial charge in [0.15, 0.2) is 0 Å². The number of rotatable bonds is 5. The van der Waals surface area contributed by atoms with E-state index in [0.717, 1.165) is 17.0 Å². The molecule has 1 heterocycles. The van der Waals surface area contributed by atoms with Gasteiger partial charge in [0.2, 0.25) is 0 Å². The van der Waals surface area contributed by atoms with E-state index < -0.39 is 0 Å². The Balaban J connectivity index is 1.69. The van der Waals surface area contributed by atoms with Crippen LogP contribution in [0.3, 0.4) is 0 Å². The number of carbonyl (C=O) groups is 1. The molecule has 5 nitrogen and oxygen atoms in total. The number of amides is 2. The van der Waals surface area contributed by atoms with Crippen LogP contribution in [0.1, 0.15) is 5.56 Å². The first kappa shape index (κ1) is 13.9. The number of anilines is 1. The number of urea groups is 1. The van der Waals surface area contributed by atoms with Crippen LogP contribution in [0.25, 0.3) is 0 Å². The molecule has 5 heteroatoms. The summed E-state index contributed by atoms with van der Waals surface area (Å²) in [6.07, 6.45) is 3.34. The molecule has 20 heavy (non-hydrogen) atoms. The molecule has 0 fully saturated rings. The van der Waals surface area contributed by atoms with Crippen LogP contribution in [-0.2, 0) is 0 Å². The molecule has 1 aromatic heterocycles. The molecular weight excluding hydrogens is 254 g/mol. The van der Waals surface area contributed by atoms with Gasteiger partial charge in [-0.25, -0.2) is 4.79 Å². The molecular formula is C15H17N3O2. The number of hydrogen-bond acceptors (Lipinski definition) is 3. The lowest BCUT2D eigenvalue weighted by Crippen LogP contribution is -2.32. The van der Waals surface area contributed by atoms with E-state index in [-0.39, 0.29) is 6.03 Å². The standard InChI is InChI=1S/C15H17N3O2/c1-12-11-16-8-7-14(12)18-15(19)17-9-10-20-13-5-3-2-4-6-13/h2-8,11H,9-10H2,1H3,(H2,16,17,18,19). The number of aromatic nitrogens is 1. The predicted molar refractivity (Wildman–Crippen MR) is 77.9 cm³/mol. The number of pyridine rings is 1. The molecule has 0 saturated carbocycles. The Morgan fingerprint density at radius 3 is 2.80 bits per heavy atom.